The average Bonchev–Trinajstić information content (AvgIpc) is 2.81. The summed E-state index contributed by atoms with van der Waals surface area (Å²) in [6.45, 7) is 5.63. The van der Waals surface area contributed by atoms with Gasteiger partial charge in [-0.15, -0.1) is 11.6 Å². The van der Waals surface area contributed by atoms with Crippen molar-refractivity contribution in [1.29, 1.82) is 0 Å². The predicted octanol–water partition coefficient (Wildman–Crippen LogP) is 3.94. The molecule has 0 saturated heterocycles. The highest BCUT2D eigenvalue weighted by molar-refractivity contribution is 6.18. The van der Waals surface area contributed by atoms with Gasteiger partial charge in [0, 0.05) is 29.1 Å². The van der Waals surface area contributed by atoms with Gasteiger partial charge < -0.3 is 10.1 Å². The Hall–Kier alpha value is -3.43. The first kappa shape index (κ1) is 25.2. The molecule has 0 unspecified atom stereocenters. The summed E-state index contributed by atoms with van der Waals surface area (Å²) in [5, 5.41) is 3.17. The summed E-state index contributed by atoms with van der Waals surface area (Å²) in [6, 6.07) is 9.92. The molecule has 1 heterocycles. The maximum atomic E-state index is 14.6. The number of para-hydroxylation sites is 1. The van der Waals surface area contributed by atoms with Crippen molar-refractivity contribution in [2.24, 2.45) is 0 Å². The number of aromatic nitrogens is 2. The summed E-state index contributed by atoms with van der Waals surface area (Å²) in [7, 11) is 1.27. The second-order valence-electron chi connectivity index (χ2n) is 7.97. The van der Waals surface area contributed by atoms with E-state index in [2.05, 4.69) is 20.6 Å². The van der Waals surface area contributed by atoms with Crippen molar-refractivity contribution in [3.63, 3.8) is 0 Å². The van der Waals surface area contributed by atoms with E-state index in [0.29, 0.717) is 18.2 Å². The molecular formula is C24H26ClFN4O4. The van der Waals surface area contributed by atoms with Crippen LogP contribution in [0.5, 0.6) is 5.75 Å². The van der Waals surface area contributed by atoms with E-state index in [1.165, 1.54) is 37.1 Å². The third-order valence-electron chi connectivity index (χ3n) is 5.20. The second-order valence-corrected chi connectivity index (χ2v) is 8.35. The summed E-state index contributed by atoms with van der Waals surface area (Å²) in [6.07, 6.45) is 2.84. The third kappa shape index (κ3) is 5.37. The number of carbonyl (C=O) groups excluding carboxylic acids is 1. The van der Waals surface area contributed by atoms with Gasteiger partial charge in [-0.2, -0.15) is 0 Å². The SMILES string of the molecule is CONC(=O)c1cc(F)c(C)c(-n2ccnc(NC(C)(C)c3ccccc3OCCCl)c2=O)c1. The van der Waals surface area contributed by atoms with E-state index >= 15 is 0 Å². The standard InChI is InChI=1S/C24H26ClFN4O4/c1-15-18(26)13-16(22(31)29-33-4)14-19(15)30-11-10-27-21(23(30)32)28-24(2,3)17-7-5-6-8-20(17)34-12-9-25/h5-8,10-11,13-14H,9,12H2,1-4H3,(H,27,28)(H,29,31). The topological polar surface area (TPSA) is 94.5 Å². The van der Waals surface area contributed by atoms with Crippen molar-refractivity contribution in [2.45, 2.75) is 26.3 Å². The summed E-state index contributed by atoms with van der Waals surface area (Å²) >= 11 is 5.76. The van der Waals surface area contributed by atoms with E-state index in [9.17, 15) is 14.0 Å². The Labute approximate surface area is 201 Å². The number of halogens is 2. The summed E-state index contributed by atoms with van der Waals surface area (Å²) < 4.78 is 21.6. The van der Waals surface area contributed by atoms with Crippen molar-refractivity contribution in [1.82, 2.24) is 15.0 Å². The first-order chi connectivity index (χ1) is 16.2. The number of hydrogen-bond donors (Lipinski definition) is 2. The van der Waals surface area contributed by atoms with Gasteiger partial charge in [0.15, 0.2) is 5.82 Å². The highest BCUT2D eigenvalue weighted by atomic mass is 35.5. The molecule has 180 valence electrons. The van der Waals surface area contributed by atoms with Crippen molar-refractivity contribution in [3.05, 3.63) is 81.7 Å². The number of carbonyl (C=O) groups is 1. The minimum Gasteiger partial charge on any atom is -0.492 e. The molecule has 0 aliphatic rings. The number of amides is 1. The van der Waals surface area contributed by atoms with Crippen LogP contribution in [0.4, 0.5) is 10.2 Å². The molecule has 3 aromatic rings. The Kier molecular flexibility index (Phi) is 7.90. The molecule has 8 nitrogen and oxygen atoms in total. The Bertz CT molecular complexity index is 1250. The fourth-order valence-electron chi connectivity index (χ4n) is 3.50. The Morgan fingerprint density at radius 2 is 2.00 bits per heavy atom. The van der Waals surface area contributed by atoms with Crippen LogP contribution in [0.15, 0.2) is 53.6 Å². The average molecular weight is 489 g/mol. The normalized spacial score (nSPS) is 11.2. The van der Waals surface area contributed by atoms with E-state index in [4.69, 9.17) is 16.3 Å². The lowest BCUT2D eigenvalue weighted by molar-refractivity contribution is 0.0537. The molecule has 0 bridgehead atoms. The van der Waals surface area contributed by atoms with Crippen LogP contribution in [0.25, 0.3) is 5.69 Å². The van der Waals surface area contributed by atoms with Crippen LogP contribution in [-0.4, -0.2) is 35.1 Å². The van der Waals surface area contributed by atoms with Gasteiger partial charge in [-0.05, 0) is 39.0 Å². The van der Waals surface area contributed by atoms with Gasteiger partial charge in [0.25, 0.3) is 11.5 Å². The van der Waals surface area contributed by atoms with Gasteiger partial charge in [-0.3, -0.25) is 19.0 Å². The predicted molar refractivity (Wildman–Crippen MR) is 128 cm³/mol. The molecule has 1 aromatic heterocycles. The molecule has 0 saturated carbocycles. The zero-order chi connectivity index (χ0) is 24.9. The number of hydroxylamine groups is 1. The number of nitrogens with zero attached hydrogens (tertiary/aromatic N) is 2. The number of ether oxygens (including phenoxy) is 1. The van der Waals surface area contributed by atoms with Crippen LogP contribution in [0.2, 0.25) is 0 Å². The van der Waals surface area contributed by atoms with Gasteiger partial charge >= 0.3 is 0 Å². The van der Waals surface area contributed by atoms with Gasteiger partial charge in [-0.1, -0.05) is 18.2 Å². The molecular weight excluding hydrogens is 463 g/mol. The van der Waals surface area contributed by atoms with Gasteiger partial charge in [0.05, 0.1) is 24.2 Å². The summed E-state index contributed by atoms with van der Waals surface area (Å²) in [5.74, 6) is -0.261. The fourth-order valence-corrected chi connectivity index (χ4v) is 3.58. The first-order valence-corrected chi connectivity index (χ1v) is 11.0. The molecule has 0 radical (unpaired) electrons. The van der Waals surface area contributed by atoms with Crippen molar-refractivity contribution < 1.29 is 18.8 Å². The van der Waals surface area contributed by atoms with E-state index in [1.807, 2.05) is 38.1 Å². The highest BCUT2D eigenvalue weighted by Crippen LogP contribution is 2.32. The molecule has 0 spiro atoms. The largest absolute Gasteiger partial charge is 0.492 e. The van der Waals surface area contributed by atoms with Crippen molar-refractivity contribution in [2.75, 3.05) is 24.9 Å². The summed E-state index contributed by atoms with van der Waals surface area (Å²) in [4.78, 5) is 34.3. The number of nitrogens with one attached hydrogen (secondary N) is 2. The Morgan fingerprint density at radius 3 is 2.71 bits per heavy atom. The number of alkyl halides is 1. The highest BCUT2D eigenvalue weighted by Gasteiger charge is 2.26. The summed E-state index contributed by atoms with van der Waals surface area (Å²) in [5.41, 5.74) is 2.09. The van der Waals surface area contributed by atoms with E-state index in [-0.39, 0.29) is 22.6 Å². The van der Waals surface area contributed by atoms with Gasteiger partial charge in [0.2, 0.25) is 0 Å². The molecule has 34 heavy (non-hydrogen) atoms. The number of rotatable bonds is 9. The van der Waals surface area contributed by atoms with Gasteiger partial charge in [-0.25, -0.2) is 14.9 Å². The number of benzene rings is 2. The molecule has 0 aliphatic carbocycles. The Morgan fingerprint density at radius 1 is 1.26 bits per heavy atom. The minimum absolute atomic E-state index is 0.00358. The van der Waals surface area contributed by atoms with Gasteiger partial charge in [0.1, 0.15) is 18.2 Å². The second kappa shape index (κ2) is 10.7. The maximum absolute atomic E-state index is 14.6. The molecule has 0 aliphatic heterocycles. The number of hydrogen-bond acceptors (Lipinski definition) is 6. The van der Waals surface area contributed by atoms with Crippen LogP contribution in [-0.2, 0) is 10.4 Å². The molecule has 3 rings (SSSR count). The molecule has 0 atom stereocenters. The van der Waals surface area contributed by atoms with Crippen LogP contribution in [0, 0.1) is 12.7 Å². The molecule has 1 amide bonds. The zero-order valence-corrected chi connectivity index (χ0v) is 20.1. The van der Waals surface area contributed by atoms with Crippen LogP contribution in [0.1, 0.15) is 35.3 Å². The monoisotopic (exact) mass is 488 g/mol. The van der Waals surface area contributed by atoms with Crippen molar-refractivity contribution in [3.8, 4) is 11.4 Å². The van der Waals surface area contributed by atoms with Crippen molar-refractivity contribution >= 4 is 23.3 Å². The minimum atomic E-state index is -0.755. The smallest absolute Gasteiger partial charge is 0.297 e. The lowest BCUT2D eigenvalue weighted by Crippen LogP contribution is -2.34. The third-order valence-corrected chi connectivity index (χ3v) is 5.35. The molecule has 0 fully saturated rings. The van der Waals surface area contributed by atoms with Crippen LogP contribution >= 0.6 is 11.6 Å². The lowest BCUT2D eigenvalue weighted by atomic mass is 9.93. The molecule has 10 heteroatoms. The maximum Gasteiger partial charge on any atom is 0.297 e. The van der Waals surface area contributed by atoms with E-state index < -0.39 is 22.8 Å². The fraction of sp³-hybridized carbons (Fsp3) is 0.292. The quantitative estimate of drug-likeness (QED) is 0.350. The Balaban J connectivity index is 2.03. The van der Waals surface area contributed by atoms with E-state index in [1.54, 1.807) is 0 Å². The molecule has 2 N–H and O–H groups in total. The first-order valence-electron chi connectivity index (χ1n) is 10.5. The lowest BCUT2D eigenvalue weighted by Gasteiger charge is -2.29. The number of anilines is 1. The zero-order valence-electron chi connectivity index (χ0n) is 19.3. The van der Waals surface area contributed by atoms with Crippen LogP contribution < -0.4 is 21.1 Å². The molecule has 2 aromatic carbocycles. The van der Waals surface area contributed by atoms with E-state index in [0.717, 1.165) is 11.6 Å². The van der Waals surface area contributed by atoms with Crippen LogP contribution in [0.3, 0.4) is 0 Å².